The Morgan fingerprint density at radius 1 is 1.11 bits per heavy atom. The highest BCUT2D eigenvalue weighted by Gasteiger charge is 2.44. The zero-order valence-corrected chi connectivity index (χ0v) is 32.8. The summed E-state index contributed by atoms with van der Waals surface area (Å²) in [5.74, 6) is -0.303. The lowest BCUT2D eigenvalue weighted by atomic mass is 9.92. The molecule has 2 aromatic heterocycles. The largest absolute Gasteiger partial charge is 0.481 e. The third-order valence-corrected chi connectivity index (χ3v) is 12.1. The third-order valence-electron chi connectivity index (χ3n) is 11.7. The van der Waals surface area contributed by atoms with Gasteiger partial charge in [-0.25, -0.2) is 14.2 Å². The molecular weight excluding hydrogens is 723 g/mol. The normalized spacial score (nSPS) is 19.5. The standard InChI is InChI=1S/C42H48ClFN6O5/c1-6-28-12-13-31(40(52)48(28)3)38(51)45-33-15-14-32(44)35(25(33)2)30-9-7-8-29(37(30)43)34-22-26-10-11-27(36(26)39(46-34)55-5)23-49-18-16-42(24-49)17-19-50(20-21-54-4)41(53)47-42/h7-9,12-15,22,27H,6,10-11,16-21,23-24H2,1-5H3,(H,45,51)(H,47,53)/t27-,42+/m1/s1. The van der Waals surface area contributed by atoms with E-state index in [0.29, 0.717) is 58.5 Å². The molecule has 2 atom stereocenters. The van der Waals surface area contributed by atoms with Crippen molar-refractivity contribution in [2.75, 3.05) is 58.9 Å². The van der Waals surface area contributed by atoms with Crippen LogP contribution in [0.15, 0.2) is 53.3 Å². The average Bonchev–Trinajstić information content (AvgIpc) is 3.77. The number of benzene rings is 2. The van der Waals surface area contributed by atoms with E-state index in [1.807, 2.05) is 24.0 Å². The van der Waals surface area contributed by atoms with Crippen LogP contribution in [0.25, 0.3) is 22.4 Å². The van der Waals surface area contributed by atoms with Gasteiger partial charge in [-0.3, -0.25) is 9.59 Å². The number of aromatic nitrogens is 2. The minimum atomic E-state index is -0.577. The van der Waals surface area contributed by atoms with Crippen LogP contribution in [0, 0.1) is 12.7 Å². The van der Waals surface area contributed by atoms with Gasteiger partial charge in [0.1, 0.15) is 11.4 Å². The number of carbonyl (C=O) groups excluding carboxylic acids is 2. The van der Waals surface area contributed by atoms with Gasteiger partial charge in [-0.05, 0) is 80.5 Å². The lowest BCUT2D eigenvalue weighted by molar-refractivity contribution is 0.102. The number of pyridine rings is 2. The third kappa shape index (κ3) is 7.35. The van der Waals surface area contributed by atoms with Crippen LogP contribution in [0.5, 0.6) is 5.88 Å². The molecule has 3 aliphatic rings. The first-order valence-corrected chi connectivity index (χ1v) is 19.3. The van der Waals surface area contributed by atoms with E-state index in [1.165, 1.54) is 22.8 Å². The number of methoxy groups -OCH3 is 2. The van der Waals surface area contributed by atoms with Crippen molar-refractivity contribution in [3.63, 3.8) is 0 Å². The zero-order valence-electron chi connectivity index (χ0n) is 32.1. The SMILES string of the molecule is CCc1ccc(C(=O)Nc2ccc(F)c(-c3cccc(-c4cc5c(c(OC)n4)[C@@H](CN4CC[C@]6(CCN(CCOC)C(=O)N6)C4)CC5)c3Cl)c2C)c(=O)n1C. The number of hydrogen-bond acceptors (Lipinski definition) is 7. The van der Waals surface area contributed by atoms with Gasteiger partial charge < -0.3 is 34.5 Å². The molecule has 2 saturated heterocycles. The van der Waals surface area contributed by atoms with Gasteiger partial charge in [-0.1, -0.05) is 36.7 Å². The predicted octanol–water partition coefficient (Wildman–Crippen LogP) is 6.57. The van der Waals surface area contributed by atoms with Crippen molar-refractivity contribution in [2.24, 2.45) is 7.05 Å². The van der Waals surface area contributed by atoms with Crippen LogP contribution >= 0.6 is 11.6 Å². The Balaban J connectivity index is 1.11. The topological polar surface area (TPSA) is 118 Å². The second kappa shape index (κ2) is 15.8. The molecule has 0 unspecified atom stereocenters. The summed E-state index contributed by atoms with van der Waals surface area (Å²) in [4.78, 5) is 48.3. The number of halogens is 2. The van der Waals surface area contributed by atoms with Crippen LogP contribution in [0.1, 0.15) is 64.8 Å². The minimum absolute atomic E-state index is 0.00332. The number of aryl methyl sites for hydroxylation is 2. The first kappa shape index (κ1) is 38.5. The molecule has 7 rings (SSSR count). The maximum Gasteiger partial charge on any atom is 0.317 e. The first-order valence-electron chi connectivity index (χ1n) is 18.9. The Bertz CT molecular complexity index is 2210. The molecule has 2 aromatic carbocycles. The quantitative estimate of drug-likeness (QED) is 0.177. The molecule has 0 saturated carbocycles. The number of urea groups is 1. The molecule has 55 heavy (non-hydrogen) atoms. The Labute approximate surface area is 325 Å². The van der Waals surface area contributed by atoms with E-state index in [9.17, 15) is 14.4 Å². The Morgan fingerprint density at radius 2 is 1.89 bits per heavy atom. The van der Waals surface area contributed by atoms with E-state index in [1.54, 1.807) is 40.3 Å². The maximum atomic E-state index is 15.7. The molecule has 290 valence electrons. The molecule has 11 nitrogen and oxygen atoms in total. The number of fused-ring (bicyclic) bond motifs is 1. The van der Waals surface area contributed by atoms with Crippen molar-refractivity contribution in [2.45, 2.75) is 57.4 Å². The number of rotatable bonds is 11. The van der Waals surface area contributed by atoms with Gasteiger partial charge in [0.2, 0.25) is 5.88 Å². The predicted molar refractivity (Wildman–Crippen MR) is 212 cm³/mol. The molecule has 2 aliphatic heterocycles. The highest BCUT2D eigenvalue weighted by Crippen LogP contribution is 2.45. The van der Waals surface area contributed by atoms with Crippen LogP contribution < -0.4 is 20.9 Å². The summed E-state index contributed by atoms with van der Waals surface area (Å²) < 4.78 is 28.3. The number of ether oxygens (including phenoxy) is 2. The van der Waals surface area contributed by atoms with Crippen LogP contribution in [-0.4, -0.2) is 90.4 Å². The summed E-state index contributed by atoms with van der Waals surface area (Å²) in [5.41, 5.74) is 5.23. The fraction of sp³-hybridized carbons (Fsp3) is 0.429. The van der Waals surface area contributed by atoms with Gasteiger partial charge in [0.05, 0.1) is 30.0 Å². The van der Waals surface area contributed by atoms with Crippen LogP contribution in [-0.2, 0) is 24.6 Å². The lowest BCUT2D eigenvalue weighted by Crippen LogP contribution is -2.61. The van der Waals surface area contributed by atoms with Crippen molar-refractivity contribution in [3.8, 4) is 28.3 Å². The maximum absolute atomic E-state index is 15.7. The lowest BCUT2D eigenvalue weighted by Gasteiger charge is -2.40. The monoisotopic (exact) mass is 770 g/mol. The fourth-order valence-corrected chi connectivity index (χ4v) is 8.92. The van der Waals surface area contributed by atoms with Gasteiger partial charge in [0, 0.05) is 86.4 Å². The highest BCUT2D eigenvalue weighted by atomic mass is 35.5. The molecule has 0 radical (unpaired) electrons. The summed E-state index contributed by atoms with van der Waals surface area (Å²) in [6.45, 7) is 8.06. The molecular formula is C42H48ClFN6O5. The highest BCUT2D eigenvalue weighted by molar-refractivity contribution is 6.36. The van der Waals surface area contributed by atoms with Crippen LogP contribution in [0.2, 0.25) is 5.02 Å². The fourth-order valence-electron chi connectivity index (χ4n) is 8.60. The average molecular weight is 771 g/mol. The molecule has 4 aromatic rings. The van der Waals surface area contributed by atoms with Crippen molar-refractivity contribution >= 4 is 29.2 Å². The van der Waals surface area contributed by atoms with E-state index >= 15 is 4.39 Å². The van der Waals surface area contributed by atoms with Gasteiger partial charge >= 0.3 is 6.03 Å². The van der Waals surface area contributed by atoms with Crippen LogP contribution in [0.3, 0.4) is 0 Å². The number of nitrogens with one attached hydrogen (secondary N) is 2. The summed E-state index contributed by atoms with van der Waals surface area (Å²) >= 11 is 7.12. The number of carbonyl (C=O) groups is 2. The van der Waals surface area contributed by atoms with Crippen LogP contribution in [0.4, 0.5) is 14.9 Å². The molecule has 13 heteroatoms. The Hall–Kier alpha value is -4.78. The van der Waals surface area contributed by atoms with E-state index < -0.39 is 17.3 Å². The summed E-state index contributed by atoms with van der Waals surface area (Å²) in [6, 6.07) is 13.5. The molecule has 1 spiro atoms. The van der Waals surface area contributed by atoms with Crippen molar-refractivity contribution in [1.82, 2.24) is 24.7 Å². The number of likely N-dealkylation sites (tertiary alicyclic amines) is 1. The number of nitrogens with zero attached hydrogens (tertiary/aromatic N) is 4. The second-order valence-electron chi connectivity index (χ2n) is 14.9. The summed E-state index contributed by atoms with van der Waals surface area (Å²) in [7, 11) is 4.91. The van der Waals surface area contributed by atoms with Crippen molar-refractivity contribution in [1.29, 1.82) is 0 Å². The zero-order chi connectivity index (χ0) is 39.0. The molecule has 1 aliphatic carbocycles. The van der Waals surface area contributed by atoms with E-state index in [4.69, 9.17) is 26.1 Å². The van der Waals surface area contributed by atoms with Gasteiger partial charge in [0.15, 0.2) is 0 Å². The molecule has 0 bridgehead atoms. The molecule has 3 amide bonds. The second-order valence-corrected chi connectivity index (χ2v) is 15.3. The number of amides is 3. The van der Waals surface area contributed by atoms with Crippen molar-refractivity contribution in [3.05, 3.63) is 97.7 Å². The Kier molecular flexibility index (Phi) is 11.0. The molecule has 2 N–H and O–H groups in total. The van der Waals surface area contributed by atoms with Gasteiger partial charge in [-0.2, -0.15) is 0 Å². The number of hydrogen-bond donors (Lipinski definition) is 2. The number of anilines is 1. The van der Waals surface area contributed by atoms with Gasteiger partial charge in [0.25, 0.3) is 11.5 Å². The van der Waals surface area contributed by atoms with E-state index in [2.05, 4.69) is 21.6 Å². The smallest absolute Gasteiger partial charge is 0.317 e. The van der Waals surface area contributed by atoms with E-state index in [0.717, 1.165) is 68.7 Å². The summed E-state index contributed by atoms with van der Waals surface area (Å²) in [5, 5.41) is 6.45. The Morgan fingerprint density at radius 3 is 2.64 bits per heavy atom. The van der Waals surface area contributed by atoms with Gasteiger partial charge in [-0.15, -0.1) is 0 Å². The minimum Gasteiger partial charge on any atom is -0.481 e. The first-order chi connectivity index (χ1) is 26.5. The molecule has 4 heterocycles. The summed E-state index contributed by atoms with van der Waals surface area (Å²) in [6.07, 6.45) is 4.28. The van der Waals surface area contributed by atoms with E-state index in [-0.39, 0.29) is 28.6 Å². The van der Waals surface area contributed by atoms with Crippen molar-refractivity contribution < 1.29 is 23.5 Å². The molecule has 2 fully saturated rings.